The standard InChI is InChI=1S/C19H34O3/c1-2-4-6-11-15-19(16-12-7-5-3-1)20-17-18(21-22-19)13-9-8-10-14-18/h1-17H2. The molecule has 3 aliphatic rings. The van der Waals surface area contributed by atoms with E-state index < -0.39 is 5.79 Å². The van der Waals surface area contributed by atoms with Gasteiger partial charge < -0.3 is 4.74 Å². The molecule has 0 bridgehead atoms. The quantitative estimate of drug-likeness (QED) is 0.540. The van der Waals surface area contributed by atoms with Crippen LogP contribution < -0.4 is 0 Å². The van der Waals surface area contributed by atoms with Crippen molar-refractivity contribution >= 4 is 0 Å². The van der Waals surface area contributed by atoms with Gasteiger partial charge in [0.2, 0.25) is 5.79 Å². The third kappa shape index (κ3) is 4.46. The fourth-order valence-electron chi connectivity index (χ4n) is 4.28. The summed E-state index contributed by atoms with van der Waals surface area (Å²) in [7, 11) is 0. The van der Waals surface area contributed by atoms with Gasteiger partial charge in [0.25, 0.3) is 0 Å². The smallest absolute Gasteiger partial charge is 0.201 e. The summed E-state index contributed by atoms with van der Waals surface area (Å²) in [6.45, 7) is 0.743. The lowest BCUT2D eigenvalue weighted by molar-refractivity contribution is -0.518. The van der Waals surface area contributed by atoms with E-state index in [0.717, 1.165) is 32.3 Å². The van der Waals surface area contributed by atoms with Gasteiger partial charge in [0.15, 0.2) is 0 Å². The minimum absolute atomic E-state index is 0.132. The Morgan fingerprint density at radius 3 is 1.41 bits per heavy atom. The van der Waals surface area contributed by atoms with Crippen molar-refractivity contribution in [3.05, 3.63) is 0 Å². The Kier molecular flexibility index (Phi) is 6.17. The Hall–Kier alpha value is -0.120. The average molecular weight is 310 g/mol. The number of rotatable bonds is 0. The number of hydrogen-bond acceptors (Lipinski definition) is 3. The zero-order valence-corrected chi connectivity index (χ0v) is 14.2. The molecule has 0 atom stereocenters. The van der Waals surface area contributed by atoms with E-state index >= 15 is 0 Å². The molecule has 0 aromatic heterocycles. The zero-order valence-electron chi connectivity index (χ0n) is 14.2. The van der Waals surface area contributed by atoms with Crippen LogP contribution in [0.3, 0.4) is 0 Å². The van der Waals surface area contributed by atoms with Gasteiger partial charge in [0, 0.05) is 12.8 Å². The molecule has 3 heteroatoms. The van der Waals surface area contributed by atoms with Gasteiger partial charge in [0.05, 0.1) is 6.61 Å². The van der Waals surface area contributed by atoms with Crippen molar-refractivity contribution in [2.24, 2.45) is 0 Å². The first-order valence-electron chi connectivity index (χ1n) is 9.84. The first-order valence-corrected chi connectivity index (χ1v) is 9.84. The molecule has 1 aliphatic heterocycles. The average Bonchev–Trinajstić information content (AvgIpc) is 2.55. The van der Waals surface area contributed by atoms with Crippen LogP contribution in [0, 0.1) is 0 Å². The van der Waals surface area contributed by atoms with E-state index in [0.29, 0.717) is 0 Å². The molecule has 3 nitrogen and oxygen atoms in total. The van der Waals surface area contributed by atoms with Gasteiger partial charge in [-0.3, -0.25) is 0 Å². The largest absolute Gasteiger partial charge is 0.344 e. The lowest BCUT2D eigenvalue weighted by atomic mass is 9.85. The van der Waals surface area contributed by atoms with Crippen molar-refractivity contribution in [2.45, 2.75) is 114 Å². The molecule has 0 aromatic rings. The lowest BCUT2D eigenvalue weighted by Gasteiger charge is -2.46. The summed E-state index contributed by atoms with van der Waals surface area (Å²) in [5.41, 5.74) is -0.132. The van der Waals surface area contributed by atoms with Gasteiger partial charge in [-0.25, -0.2) is 9.78 Å². The molecule has 3 rings (SSSR count). The number of hydrogen-bond donors (Lipinski definition) is 0. The fourth-order valence-corrected chi connectivity index (χ4v) is 4.28. The minimum Gasteiger partial charge on any atom is -0.344 e. The molecular formula is C19H34O3. The van der Waals surface area contributed by atoms with Gasteiger partial charge in [-0.1, -0.05) is 64.2 Å². The first kappa shape index (κ1) is 16.7. The van der Waals surface area contributed by atoms with Gasteiger partial charge in [-0.15, -0.1) is 0 Å². The molecule has 1 heterocycles. The van der Waals surface area contributed by atoms with Gasteiger partial charge in [-0.05, 0) is 25.7 Å². The summed E-state index contributed by atoms with van der Waals surface area (Å²) in [5, 5.41) is 0. The van der Waals surface area contributed by atoms with Crippen LogP contribution in [-0.2, 0) is 14.5 Å². The second-order valence-electron chi connectivity index (χ2n) is 7.79. The molecule has 0 N–H and O–H groups in total. The normalized spacial score (nSPS) is 30.5. The van der Waals surface area contributed by atoms with E-state index in [1.807, 2.05) is 0 Å². The van der Waals surface area contributed by atoms with Crippen LogP contribution in [0.25, 0.3) is 0 Å². The van der Waals surface area contributed by atoms with E-state index in [4.69, 9.17) is 14.5 Å². The van der Waals surface area contributed by atoms with Crippen LogP contribution in [0.4, 0.5) is 0 Å². The first-order chi connectivity index (χ1) is 10.8. The maximum atomic E-state index is 6.36. The molecule has 0 amide bonds. The third-order valence-electron chi connectivity index (χ3n) is 5.85. The van der Waals surface area contributed by atoms with Gasteiger partial charge in [0.1, 0.15) is 5.60 Å². The van der Waals surface area contributed by atoms with Crippen molar-refractivity contribution in [1.29, 1.82) is 0 Å². The molecule has 3 fully saturated rings. The highest BCUT2D eigenvalue weighted by atomic mass is 17.2. The molecule has 0 unspecified atom stereocenters. The topological polar surface area (TPSA) is 27.7 Å². The summed E-state index contributed by atoms with van der Waals surface area (Å²) >= 11 is 0. The summed E-state index contributed by atoms with van der Waals surface area (Å²) in [4.78, 5) is 12.0. The van der Waals surface area contributed by atoms with E-state index in [2.05, 4.69) is 0 Å². The Balaban J connectivity index is 1.54. The fraction of sp³-hybridized carbons (Fsp3) is 1.00. The Morgan fingerprint density at radius 2 is 0.909 bits per heavy atom. The van der Waals surface area contributed by atoms with Gasteiger partial charge >= 0.3 is 0 Å². The SMILES string of the molecule is C1CCCCCC2(CCCCC1)OCC1(CCCCC1)OO2. The van der Waals surface area contributed by atoms with E-state index in [-0.39, 0.29) is 5.60 Å². The van der Waals surface area contributed by atoms with E-state index in [1.165, 1.54) is 77.0 Å². The highest BCUT2D eigenvalue weighted by Gasteiger charge is 2.46. The molecular weight excluding hydrogens is 276 g/mol. The van der Waals surface area contributed by atoms with Crippen molar-refractivity contribution in [2.75, 3.05) is 6.61 Å². The number of ether oxygens (including phenoxy) is 1. The summed E-state index contributed by atoms with van der Waals surface area (Å²) in [6, 6.07) is 0. The predicted octanol–water partition coefficient (Wildman–Crippen LogP) is 5.67. The zero-order chi connectivity index (χ0) is 15.1. The molecule has 2 spiro atoms. The van der Waals surface area contributed by atoms with E-state index in [1.54, 1.807) is 0 Å². The van der Waals surface area contributed by atoms with Crippen molar-refractivity contribution in [3.63, 3.8) is 0 Å². The van der Waals surface area contributed by atoms with Crippen molar-refractivity contribution in [1.82, 2.24) is 0 Å². The van der Waals surface area contributed by atoms with Crippen LogP contribution in [0.15, 0.2) is 0 Å². The van der Waals surface area contributed by atoms with Crippen LogP contribution in [-0.4, -0.2) is 18.0 Å². The molecule has 0 aromatic carbocycles. The Bertz CT molecular complexity index is 299. The molecule has 2 aliphatic carbocycles. The minimum atomic E-state index is -0.443. The van der Waals surface area contributed by atoms with Crippen LogP contribution in [0.5, 0.6) is 0 Å². The second kappa shape index (κ2) is 8.12. The van der Waals surface area contributed by atoms with Crippen LogP contribution in [0.1, 0.15) is 103 Å². The van der Waals surface area contributed by atoms with Crippen LogP contribution >= 0.6 is 0 Å². The molecule has 2 saturated carbocycles. The molecule has 0 radical (unpaired) electrons. The van der Waals surface area contributed by atoms with Crippen molar-refractivity contribution < 1.29 is 14.5 Å². The predicted molar refractivity (Wildman–Crippen MR) is 87.5 cm³/mol. The summed E-state index contributed by atoms with van der Waals surface area (Å²) in [5.74, 6) is -0.443. The van der Waals surface area contributed by atoms with Crippen molar-refractivity contribution in [3.8, 4) is 0 Å². The summed E-state index contributed by atoms with van der Waals surface area (Å²) in [6.07, 6.45) is 20.0. The van der Waals surface area contributed by atoms with Crippen LogP contribution in [0.2, 0.25) is 0 Å². The monoisotopic (exact) mass is 310 g/mol. The second-order valence-corrected chi connectivity index (χ2v) is 7.79. The maximum Gasteiger partial charge on any atom is 0.201 e. The molecule has 128 valence electrons. The van der Waals surface area contributed by atoms with Gasteiger partial charge in [-0.2, -0.15) is 0 Å². The molecule has 22 heavy (non-hydrogen) atoms. The highest BCUT2D eigenvalue weighted by molar-refractivity contribution is 4.87. The third-order valence-corrected chi connectivity index (χ3v) is 5.85. The lowest BCUT2D eigenvalue weighted by Crippen LogP contribution is -2.53. The molecule has 1 saturated heterocycles. The maximum absolute atomic E-state index is 6.36. The summed E-state index contributed by atoms with van der Waals surface area (Å²) < 4.78 is 6.36. The Morgan fingerprint density at radius 1 is 0.455 bits per heavy atom. The van der Waals surface area contributed by atoms with E-state index in [9.17, 15) is 0 Å². The highest BCUT2D eigenvalue weighted by Crippen LogP contribution is 2.41. The Labute approximate surface area is 136 Å².